The van der Waals surface area contributed by atoms with Crippen LogP contribution in [0, 0.1) is 13.8 Å². The molecule has 1 aliphatic heterocycles. The lowest BCUT2D eigenvalue weighted by Gasteiger charge is -2.24. The third kappa shape index (κ3) is 3.53. The third-order valence-electron chi connectivity index (χ3n) is 4.74. The lowest BCUT2D eigenvalue weighted by Crippen LogP contribution is -2.34. The zero-order valence-corrected chi connectivity index (χ0v) is 15.3. The smallest absolute Gasteiger partial charge is 0.322 e. The Morgan fingerprint density at radius 3 is 2.92 bits per heavy atom. The van der Waals surface area contributed by atoms with Gasteiger partial charge in [-0.3, -0.25) is 9.36 Å². The number of anilines is 1. The van der Waals surface area contributed by atoms with E-state index in [0.29, 0.717) is 13.2 Å². The Morgan fingerprint density at radius 1 is 1.44 bits per heavy atom. The van der Waals surface area contributed by atoms with E-state index < -0.39 is 0 Å². The quantitative estimate of drug-likeness (QED) is 0.901. The highest BCUT2D eigenvalue weighted by molar-refractivity contribution is 5.91. The first kappa shape index (κ1) is 17.5. The molecule has 136 valence electrons. The maximum atomic E-state index is 12.9. The van der Waals surface area contributed by atoms with Crippen molar-refractivity contribution in [1.29, 1.82) is 0 Å². The highest BCUT2D eigenvalue weighted by atomic mass is 16.5. The molecule has 1 aliphatic rings. The number of nitrogens with one attached hydrogen (secondary N) is 1. The molecule has 0 spiro atoms. The number of amides is 2. The molecule has 2 amide bonds. The van der Waals surface area contributed by atoms with Crippen molar-refractivity contribution in [3.63, 3.8) is 0 Å². The number of ether oxygens (including phenoxy) is 1. The van der Waals surface area contributed by atoms with Crippen molar-refractivity contribution in [2.24, 2.45) is 7.05 Å². The van der Waals surface area contributed by atoms with Crippen LogP contribution in [0.4, 0.5) is 10.5 Å². The van der Waals surface area contributed by atoms with Gasteiger partial charge in [-0.25, -0.2) is 4.79 Å². The normalized spacial score (nSPS) is 17.3. The number of nitrogens with zero attached hydrogens (tertiary/aromatic N) is 5. The maximum Gasteiger partial charge on any atom is 0.322 e. The fourth-order valence-electron chi connectivity index (χ4n) is 3.42. The first-order chi connectivity index (χ1) is 12.0. The van der Waals surface area contributed by atoms with E-state index >= 15 is 0 Å². The molecule has 25 heavy (non-hydrogen) atoms. The van der Waals surface area contributed by atoms with Crippen LogP contribution in [0.15, 0.2) is 12.4 Å². The highest BCUT2D eigenvalue weighted by Crippen LogP contribution is 2.32. The Hall–Kier alpha value is -2.35. The van der Waals surface area contributed by atoms with E-state index in [1.54, 1.807) is 11.8 Å². The lowest BCUT2D eigenvalue weighted by molar-refractivity contribution is 0.182. The van der Waals surface area contributed by atoms with Crippen LogP contribution in [0.25, 0.3) is 0 Å². The SMILES string of the molecule is COCCn1nc(C)c(NC(=O)N2CCCC2c2cnn(C)c2)c1C. The summed E-state index contributed by atoms with van der Waals surface area (Å²) in [6, 6.07) is 0.00157. The van der Waals surface area contributed by atoms with Gasteiger partial charge in [0.1, 0.15) is 0 Å². The van der Waals surface area contributed by atoms with Gasteiger partial charge >= 0.3 is 6.03 Å². The monoisotopic (exact) mass is 346 g/mol. The van der Waals surface area contributed by atoms with Crippen molar-refractivity contribution >= 4 is 11.7 Å². The number of hydrogen-bond donors (Lipinski definition) is 1. The van der Waals surface area contributed by atoms with Crippen molar-refractivity contribution in [3.05, 3.63) is 29.3 Å². The zero-order chi connectivity index (χ0) is 18.0. The van der Waals surface area contributed by atoms with E-state index in [2.05, 4.69) is 15.5 Å². The summed E-state index contributed by atoms with van der Waals surface area (Å²) in [4.78, 5) is 14.8. The minimum absolute atomic E-state index is 0.0798. The van der Waals surface area contributed by atoms with Crippen LogP contribution in [-0.2, 0) is 18.3 Å². The van der Waals surface area contributed by atoms with Gasteiger partial charge in [-0.15, -0.1) is 0 Å². The maximum absolute atomic E-state index is 12.9. The van der Waals surface area contributed by atoms with Crippen molar-refractivity contribution in [2.45, 2.75) is 39.3 Å². The largest absolute Gasteiger partial charge is 0.383 e. The van der Waals surface area contributed by atoms with Crippen LogP contribution in [0.3, 0.4) is 0 Å². The van der Waals surface area contributed by atoms with Gasteiger partial charge in [-0.2, -0.15) is 10.2 Å². The first-order valence-corrected chi connectivity index (χ1v) is 8.60. The zero-order valence-electron chi connectivity index (χ0n) is 15.3. The number of carbonyl (C=O) groups is 1. The number of hydrogen-bond acceptors (Lipinski definition) is 4. The Labute approximate surface area is 147 Å². The molecule has 1 atom stereocenters. The molecule has 1 saturated heterocycles. The summed E-state index contributed by atoms with van der Waals surface area (Å²) in [5.41, 5.74) is 3.64. The minimum atomic E-state index is -0.0798. The summed E-state index contributed by atoms with van der Waals surface area (Å²) < 4.78 is 8.76. The predicted molar refractivity (Wildman–Crippen MR) is 94.5 cm³/mol. The van der Waals surface area contributed by atoms with Crippen molar-refractivity contribution < 1.29 is 9.53 Å². The topological polar surface area (TPSA) is 77.2 Å². The molecule has 8 heteroatoms. The van der Waals surface area contributed by atoms with Gasteiger partial charge in [-0.1, -0.05) is 0 Å². The van der Waals surface area contributed by atoms with Gasteiger partial charge in [0, 0.05) is 32.5 Å². The van der Waals surface area contributed by atoms with Crippen LogP contribution >= 0.6 is 0 Å². The van der Waals surface area contributed by atoms with E-state index in [4.69, 9.17) is 4.74 Å². The summed E-state index contributed by atoms with van der Waals surface area (Å²) in [5.74, 6) is 0. The molecular weight excluding hydrogens is 320 g/mol. The number of aromatic nitrogens is 4. The molecule has 0 saturated carbocycles. The van der Waals surface area contributed by atoms with Gasteiger partial charge in [0.05, 0.1) is 42.5 Å². The second kappa shape index (κ2) is 7.26. The summed E-state index contributed by atoms with van der Waals surface area (Å²) in [7, 11) is 3.56. The average Bonchev–Trinajstić information content (AvgIpc) is 3.28. The molecule has 1 fully saturated rings. The molecule has 2 aromatic rings. The van der Waals surface area contributed by atoms with Gasteiger partial charge < -0.3 is 15.0 Å². The number of rotatable bonds is 5. The molecule has 1 unspecified atom stereocenters. The average molecular weight is 346 g/mol. The summed E-state index contributed by atoms with van der Waals surface area (Å²) >= 11 is 0. The Bertz CT molecular complexity index is 750. The van der Waals surface area contributed by atoms with E-state index in [1.165, 1.54) is 0 Å². The molecule has 3 rings (SSSR count). The second-order valence-electron chi connectivity index (χ2n) is 6.49. The first-order valence-electron chi connectivity index (χ1n) is 8.60. The Morgan fingerprint density at radius 2 is 2.24 bits per heavy atom. The van der Waals surface area contributed by atoms with Crippen LogP contribution in [0.2, 0.25) is 0 Å². The second-order valence-corrected chi connectivity index (χ2v) is 6.49. The van der Waals surface area contributed by atoms with Gasteiger partial charge in [0.2, 0.25) is 0 Å². The van der Waals surface area contributed by atoms with Crippen LogP contribution in [0.5, 0.6) is 0 Å². The number of urea groups is 1. The van der Waals surface area contributed by atoms with E-state index in [0.717, 1.165) is 42.0 Å². The van der Waals surface area contributed by atoms with Crippen molar-refractivity contribution in [1.82, 2.24) is 24.5 Å². The number of methoxy groups -OCH3 is 1. The van der Waals surface area contributed by atoms with Crippen molar-refractivity contribution in [2.75, 3.05) is 25.6 Å². The molecule has 0 aromatic carbocycles. The molecule has 3 heterocycles. The summed E-state index contributed by atoms with van der Waals surface area (Å²) in [5, 5.41) is 11.8. The number of aryl methyl sites for hydroxylation is 2. The van der Waals surface area contributed by atoms with Gasteiger partial charge in [0.25, 0.3) is 0 Å². The molecular formula is C17H26N6O2. The fraction of sp³-hybridized carbons (Fsp3) is 0.588. The van der Waals surface area contributed by atoms with Crippen LogP contribution < -0.4 is 5.32 Å². The Balaban J connectivity index is 1.74. The third-order valence-corrected chi connectivity index (χ3v) is 4.74. The summed E-state index contributed by atoms with van der Waals surface area (Å²) in [6.07, 6.45) is 5.79. The molecule has 1 N–H and O–H groups in total. The Kier molecular flexibility index (Phi) is 5.08. The fourth-order valence-corrected chi connectivity index (χ4v) is 3.42. The summed E-state index contributed by atoms with van der Waals surface area (Å²) in [6.45, 7) is 5.88. The molecule has 2 aromatic heterocycles. The van der Waals surface area contributed by atoms with E-state index in [1.807, 2.05) is 42.9 Å². The van der Waals surface area contributed by atoms with E-state index in [9.17, 15) is 4.79 Å². The van der Waals surface area contributed by atoms with Crippen molar-refractivity contribution in [3.8, 4) is 0 Å². The number of likely N-dealkylation sites (tertiary alicyclic amines) is 1. The molecule has 0 radical (unpaired) electrons. The van der Waals surface area contributed by atoms with E-state index in [-0.39, 0.29) is 12.1 Å². The predicted octanol–water partition coefficient (Wildman–Crippen LogP) is 2.25. The highest BCUT2D eigenvalue weighted by Gasteiger charge is 2.31. The van der Waals surface area contributed by atoms with Crippen LogP contribution in [0.1, 0.15) is 35.8 Å². The van der Waals surface area contributed by atoms with Gasteiger partial charge in [-0.05, 0) is 26.7 Å². The standard InChI is InChI=1S/C17H26N6O2/c1-12-16(13(2)23(20-12)8-9-25-4)19-17(24)22-7-5-6-15(22)14-10-18-21(3)11-14/h10-11,15H,5-9H2,1-4H3,(H,19,24). The number of carbonyl (C=O) groups excluding carboxylic acids is 1. The van der Waals surface area contributed by atoms with Crippen LogP contribution in [-0.4, -0.2) is 50.8 Å². The molecule has 8 nitrogen and oxygen atoms in total. The minimum Gasteiger partial charge on any atom is -0.383 e. The molecule has 0 bridgehead atoms. The lowest BCUT2D eigenvalue weighted by atomic mass is 10.1. The molecule has 0 aliphatic carbocycles. The van der Waals surface area contributed by atoms with Gasteiger partial charge in [0.15, 0.2) is 0 Å².